The zero-order valence-corrected chi connectivity index (χ0v) is 12.5. The maximum Gasteiger partial charge on any atom is 0.326 e. The van der Waals surface area contributed by atoms with Gasteiger partial charge in [0.2, 0.25) is 5.91 Å². The second-order valence-electron chi connectivity index (χ2n) is 4.96. The van der Waals surface area contributed by atoms with Gasteiger partial charge in [-0.25, -0.2) is 4.79 Å². The highest BCUT2D eigenvalue weighted by Gasteiger charge is 2.41. The summed E-state index contributed by atoms with van der Waals surface area (Å²) in [5, 5.41) is 11.2. The van der Waals surface area contributed by atoms with Crippen molar-refractivity contribution < 1.29 is 14.7 Å². The average molecular weight is 299 g/mol. The Morgan fingerprint density at radius 1 is 1.58 bits per heavy atom. The predicted octanol–water partition coefficient (Wildman–Crippen LogP) is 2.82. The number of aliphatic carboxylic acids is 1. The fourth-order valence-electron chi connectivity index (χ4n) is 2.20. The number of thioether (sulfide) groups is 1. The minimum Gasteiger partial charge on any atom is -0.480 e. The van der Waals surface area contributed by atoms with Crippen molar-refractivity contribution in [3.63, 3.8) is 0 Å². The summed E-state index contributed by atoms with van der Waals surface area (Å²) in [5.74, 6) is -0.379. The normalized spacial score (nSPS) is 21.1. The molecule has 1 aliphatic rings. The second kappa shape index (κ2) is 5.96. The molecule has 1 aromatic rings. The first-order valence-electron chi connectivity index (χ1n) is 6.19. The lowest BCUT2D eigenvalue weighted by atomic mass is 10.0. The molecule has 1 N–H and O–H groups in total. The van der Waals surface area contributed by atoms with Gasteiger partial charge in [-0.3, -0.25) is 4.79 Å². The summed E-state index contributed by atoms with van der Waals surface area (Å²) in [5.41, 5.74) is 0. The van der Waals surface area contributed by atoms with Crippen LogP contribution in [-0.4, -0.2) is 33.7 Å². The molecule has 4 nitrogen and oxygen atoms in total. The Hall–Kier alpha value is -1.01. The third-order valence-electron chi connectivity index (χ3n) is 3.01. The van der Waals surface area contributed by atoms with E-state index in [0.717, 1.165) is 4.88 Å². The van der Waals surface area contributed by atoms with E-state index in [1.807, 2.05) is 31.4 Å². The molecule has 0 spiro atoms. The van der Waals surface area contributed by atoms with Crippen molar-refractivity contribution in [1.29, 1.82) is 0 Å². The first-order chi connectivity index (χ1) is 9.00. The molecule has 1 saturated heterocycles. The van der Waals surface area contributed by atoms with E-state index in [1.165, 1.54) is 11.8 Å². The Bertz CT molecular complexity index is 458. The van der Waals surface area contributed by atoms with Crippen molar-refractivity contribution in [3.8, 4) is 0 Å². The number of thiophene rings is 1. The van der Waals surface area contributed by atoms with Gasteiger partial charge in [-0.2, -0.15) is 0 Å². The number of amides is 1. The number of nitrogens with zero attached hydrogens (tertiary/aromatic N) is 1. The summed E-state index contributed by atoms with van der Waals surface area (Å²) in [6, 6.07) is 3.16. The number of hydrogen-bond acceptors (Lipinski definition) is 4. The zero-order valence-electron chi connectivity index (χ0n) is 10.9. The van der Waals surface area contributed by atoms with Crippen molar-refractivity contribution in [2.75, 3.05) is 5.75 Å². The van der Waals surface area contributed by atoms with Gasteiger partial charge in [-0.15, -0.1) is 23.1 Å². The largest absolute Gasteiger partial charge is 0.480 e. The van der Waals surface area contributed by atoms with E-state index in [1.54, 1.807) is 16.2 Å². The van der Waals surface area contributed by atoms with Crippen LogP contribution in [0.1, 0.15) is 30.5 Å². The van der Waals surface area contributed by atoms with Crippen LogP contribution in [0.15, 0.2) is 17.5 Å². The van der Waals surface area contributed by atoms with Gasteiger partial charge in [-0.05, 0) is 23.8 Å². The second-order valence-corrected chi connectivity index (χ2v) is 7.01. The Morgan fingerprint density at radius 3 is 2.84 bits per heavy atom. The summed E-state index contributed by atoms with van der Waals surface area (Å²) in [6.45, 7) is 3.95. The van der Waals surface area contributed by atoms with Crippen molar-refractivity contribution in [1.82, 2.24) is 4.90 Å². The van der Waals surface area contributed by atoms with Gasteiger partial charge in [0.15, 0.2) is 0 Å². The molecule has 1 fully saturated rings. The maximum atomic E-state index is 12.1. The van der Waals surface area contributed by atoms with Crippen molar-refractivity contribution in [2.24, 2.45) is 5.92 Å². The van der Waals surface area contributed by atoms with Gasteiger partial charge in [0.05, 0.1) is 5.75 Å². The Labute approximate surface area is 120 Å². The third-order valence-corrected chi connectivity index (χ3v) is 5.29. The SMILES string of the molecule is CC(C)C[C@@H](C(=O)O)N1C(=O)CS[C@@H]1c1cccs1. The average Bonchev–Trinajstić information content (AvgIpc) is 2.94. The Kier molecular flexibility index (Phi) is 4.52. The smallest absolute Gasteiger partial charge is 0.326 e. The van der Waals surface area contributed by atoms with Crippen LogP contribution in [0.3, 0.4) is 0 Å². The van der Waals surface area contributed by atoms with Crippen LogP contribution >= 0.6 is 23.1 Å². The summed E-state index contributed by atoms with van der Waals surface area (Å²) in [7, 11) is 0. The number of carboxylic acid groups (broad SMARTS) is 1. The lowest BCUT2D eigenvalue weighted by Crippen LogP contribution is -2.44. The highest BCUT2D eigenvalue weighted by molar-refractivity contribution is 8.00. The molecular formula is C13H17NO3S2. The molecular weight excluding hydrogens is 282 g/mol. The Balaban J connectivity index is 2.26. The number of carbonyl (C=O) groups is 2. The molecule has 2 rings (SSSR count). The van der Waals surface area contributed by atoms with Crippen LogP contribution in [-0.2, 0) is 9.59 Å². The van der Waals surface area contributed by atoms with E-state index >= 15 is 0 Å². The van der Waals surface area contributed by atoms with E-state index < -0.39 is 12.0 Å². The highest BCUT2D eigenvalue weighted by Crippen LogP contribution is 2.42. The first kappa shape index (κ1) is 14.4. The van der Waals surface area contributed by atoms with E-state index in [9.17, 15) is 14.7 Å². The Morgan fingerprint density at radius 2 is 2.32 bits per heavy atom. The molecule has 0 unspecified atom stereocenters. The first-order valence-corrected chi connectivity index (χ1v) is 8.12. The molecule has 0 radical (unpaired) electrons. The lowest BCUT2D eigenvalue weighted by molar-refractivity contribution is -0.150. The molecule has 2 heterocycles. The van der Waals surface area contributed by atoms with Gasteiger partial charge in [0, 0.05) is 4.88 Å². The summed E-state index contributed by atoms with van der Waals surface area (Å²) in [6.07, 6.45) is 0.490. The number of carboxylic acids is 1. The maximum absolute atomic E-state index is 12.1. The third kappa shape index (κ3) is 3.12. The standard InChI is InChI=1S/C13H17NO3S2/c1-8(2)6-9(13(16)17)14-11(15)7-19-12(14)10-4-3-5-18-10/h3-5,8-9,12H,6-7H2,1-2H3,(H,16,17)/t9-,12+/m0/s1. The van der Waals surface area contributed by atoms with Crippen LogP contribution in [0.25, 0.3) is 0 Å². The number of rotatable bonds is 5. The van der Waals surface area contributed by atoms with Gasteiger partial charge in [0.1, 0.15) is 11.4 Å². The summed E-state index contributed by atoms with van der Waals surface area (Å²) in [4.78, 5) is 26.1. The van der Waals surface area contributed by atoms with Crippen LogP contribution < -0.4 is 0 Å². The minimum absolute atomic E-state index is 0.0727. The quantitative estimate of drug-likeness (QED) is 0.908. The summed E-state index contributed by atoms with van der Waals surface area (Å²) < 4.78 is 0. The van der Waals surface area contributed by atoms with E-state index in [4.69, 9.17) is 0 Å². The fraction of sp³-hybridized carbons (Fsp3) is 0.538. The molecule has 19 heavy (non-hydrogen) atoms. The topological polar surface area (TPSA) is 57.6 Å². The van der Waals surface area contributed by atoms with Crippen LogP contribution in [0.5, 0.6) is 0 Å². The lowest BCUT2D eigenvalue weighted by Gasteiger charge is -2.30. The molecule has 1 amide bonds. The predicted molar refractivity (Wildman–Crippen MR) is 77.2 cm³/mol. The zero-order chi connectivity index (χ0) is 14.0. The van der Waals surface area contributed by atoms with E-state index in [0.29, 0.717) is 12.2 Å². The van der Waals surface area contributed by atoms with Crippen LogP contribution in [0.2, 0.25) is 0 Å². The van der Waals surface area contributed by atoms with Crippen molar-refractivity contribution in [2.45, 2.75) is 31.7 Å². The molecule has 0 bridgehead atoms. The molecule has 1 aliphatic heterocycles. The molecule has 1 aromatic heterocycles. The molecule has 2 atom stereocenters. The molecule has 104 valence electrons. The van der Waals surface area contributed by atoms with Gasteiger partial charge >= 0.3 is 5.97 Å². The fourth-order valence-corrected chi connectivity index (χ4v) is 4.39. The van der Waals surface area contributed by atoms with E-state index in [-0.39, 0.29) is 17.2 Å². The molecule has 0 aliphatic carbocycles. The monoisotopic (exact) mass is 299 g/mol. The van der Waals surface area contributed by atoms with Crippen LogP contribution in [0.4, 0.5) is 0 Å². The minimum atomic E-state index is -0.911. The number of carbonyl (C=O) groups excluding carboxylic acids is 1. The van der Waals surface area contributed by atoms with Gasteiger partial charge in [-0.1, -0.05) is 19.9 Å². The summed E-state index contributed by atoms with van der Waals surface area (Å²) >= 11 is 3.08. The van der Waals surface area contributed by atoms with Crippen molar-refractivity contribution in [3.05, 3.63) is 22.4 Å². The molecule has 0 saturated carbocycles. The molecule has 6 heteroatoms. The highest BCUT2D eigenvalue weighted by atomic mass is 32.2. The van der Waals surface area contributed by atoms with Gasteiger partial charge in [0.25, 0.3) is 0 Å². The van der Waals surface area contributed by atoms with Gasteiger partial charge < -0.3 is 10.0 Å². The van der Waals surface area contributed by atoms with Crippen molar-refractivity contribution >= 4 is 35.0 Å². The van der Waals surface area contributed by atoms with Crippen LogP contribution in [0, 0.1) is 5.92 Å². The molecule has 0 aromatic carbocycles. The number of hydrogen-bond donors (Lipinski definition) is 1. The van der Waals surface area contributed by atoms with E-state index in [2.05, 4.69) is 0 Å².